The van der Waals surface area contributed by atoms with Crippen LogP contribution in [0.2, 0.25) is 0 Å². The number of carbonyl (C=O) groups is 1. The smallest absolute Gasteiger partial charge is 0.244 e. The summed E-state index contributed by atoms with van der Waals surface area (Å²) in [7, 11) is 0. The van der Waals surface area contributed by atoms with Crippen LogP contribution in [0.25, 0.3) is 11.0 Å². The van der Waals surface area contributed by atoms with Crippen LogP contribution in [0.4, 0.5) is 0 Å². The van der Waals surface area contributed by atoms with Crippen molar-refractivity contribution in [1.29, 1.82) is 0 Å². The number of nitrogens with one attached hydrogen (secondary N) is 1. The van der Waals surface area contributed by atoms with Crippen LogP contribution in [0.3, 0.4) is 0 Å². The standard InChI is InChI=1S/C13H14N4O/c18-13(14-10-5-1-2-6-10)9-17-15-11-7-3-4-8-12(11)16-17/h1,3-5,7-8,10H,2,6,9H2,(H,14,18). The SMILES string of the molecule is O=C(Cn1nc2ccccc2n1)NC1C=CCC1. The monoisotopic (exact) mass is 242 g/mol. The number of nitrogens with zero attached hydrogens (tertiary/aromatic N) is 3. The number of fused-ring (bicyclic) bond motifs is 1. The van der Waals surface area contributed by atoms with E-state index in [2.05, 4.69) is 21.6 Å². The van der Waals surface area contributed by atoms with E-state index in [1.165, 1.54) is 4.80 Å². The minimum Gasteiger partial charge on any atom is -0.348 e. The van der Waals surface area contributed by atoms with E-state index in [-0.39, 0.29) is 18.5 Å². The van der Waals surface area contributed by atoms with Crippen molar-refractivity contribution in [3.8, 4) is 0 Å². The number of hydrogen-bond acceptors (Lipinski definition) is 3. The Kier molecular flexibility index (Phi) is 2.80. The zero-order valence-electron chi connectivity index (χ0n) is 9.91. The molecule has 0 aliphatic heterocycles. The van der Waals surface area contributed by atoms with Crippen molar-refractivity contribution in [2.75, 3.05) is 0 Å². The molecule has 5 heteroatoms. The lowest BCUT2D eigenvalue weighted by molar-refractivity contribution is -0.122. The summed E-state index contributed by atoms with van der Waals surface area (Å²) < 4.78 is 0. The van der Waals surface area contributed by atoms with Crippen LogP contribution in [0.1, 0.15) is 12.8 Å². The molecular formula is C13H14N4O. The summed E-state index contributed by atoms with van der Waals surface area (Å²) in [5, 5.41) is 11.5. The van der Waals surface area contributed by atoms with E-state index in [0.29, 0.717) is 0 Å². The molecule has 1 aromatic carbocycles. The van der Waals surface area contributed by atoms with Crippen LogP contribution in [-0.2, 0) is 11.3 Å². The Labute approximate surface area is 104 Å². The van der Waals surface area contributed by atoms with Crippen molar-refractivity contribution in [2.24, 2.45) is 0 Å². The predicted molar refractivity (Wildman–Crippen MR) is 67.8 cm³/mol. The molecule has 1 aliphatic rings. The second-order valence-corrected chi connectivity index (χ2v) is 4.40. The van der Waals surface area contributed by atoms with Crippen LogP contribution in [-0.4, -0.2) is 26.9 Å². The first-order valence-electron chi connectivity index (χ1n) is 6.07. The molecule has 1 atom stereocenters. The Morgan fingerprint density at radius 3 is 2.67 bits per heavy atom. The molecule has 1 unspecified atom stereocenters. The molecule has 0 bridgehead atoms. The first kappa shape index (κ1) is 11.0. The fourth-order valence-corrected chi connectivity index (χ4v) is 2.11. The maximum atomic E-state index is 11.8. The Bertz CT molecular complexity index is 569. The van der Waals surface area contributed by atoms with Crippen LogP contribution < -0.4 is 5.32 Å². The molecule has 0 saturated heterocycles. The summed E-state index contributed by atoms with van der Waals surface area (Å²) in [6, 6.07) is 7.75. The molecule has 3 rings (SSSR count). The zero-order valence-corrected chi connectivity index (χ0v) is 9.91. The first-order chi connectivity index (χ1) is 8.81. The second-order valence-electron chi connectivity index (χ2n) is 4.40. The largest absolute Gasteiger partial charge is 0.348 e. The lowest BCUT2D eigenvalue weighted by atomic mass is 10.2. The molecule has 0 saturated carbocycles. The minimum atomic E-state index is -0.0492. The highest BCUT2D eigenvalue weighted by Gasteiger charge is 2.13. The highest BCUT2D eigenvalue weighted by atomic mass is 16.2. The fourth-order valence-electron chi connectivity index (χ4n) is 2.11. The Hall–Kier alpha value is -2.17. The molecule has 1 aromatic heterocycles. The van der Waals surface area contributed by atoms with E-state index in [4.69, 9.17) is 0 Å². The normalized spacial score (nSPS) is 18.3. The lowest BCUT2D eigenvalue weighted by Crippen LogP contribution is -2.35. The minimum absolute atomic E-state index is 0.0492. The summed E-state index contributed by atoms with van der Waals surface area (Å²) in [5.74, 6) is -0.0492. The highest BCUT2D eigenvalue weighted by molar-refractivity contribution is 5.77. The molecule has 1 aliphatic carbocycles. The van der Waals surface area contributed by atoms with E-state index in [9.17, 15) is 4.79 Å². The molecule has 92 valence electrons. The Morgan fingerprint density at radius 1 is 1.33 bits per heavy atom. The third-order valence-electron chi connectivity index (χ3n) is 2.97. The predicted octanol–water partition coefficient (Wildman–Crippen LogP) is 1.27. The fraction of sp³-hybridized carbons (Fsp3) is 0.308. The van der Waals surface area contributed by atoms with Crippen molar-refractivity contribution < 1.29 is 4.79 Å². The number of allylic oxidation sites excluding steroid dienone is 1. The van der Waals surface area contributed by atoms with Gasteiger partial charge in [-0.3, -0.25) is 4.79 Å². The average Bonchev–Trinajstić information content (AvgIpc) is 2.96. The van der Waals surface area contributed by atoms with E-state index >= 15 is 0 Å². The summed E-state index contributed by atoms with van der Waals surface area (Å²) in [6.07, 6.45) is 6.14. The van der Waals surface area contributed by atoms with Gasteiger partial charge in [0.05, 0.1) is 0 Å². The van der Waals surface area contributed by atoms with Gasteiger partial charge in [-0.1, -0.05) is 24.3 Å². The van der Waals surface area contributed by atoms with Gasteiger partial charge in [0.25, 0.3) is 0 Å². The quantitative estimate of drug-likeness (QED) is 0.824. The number of benzene rings is 1. The molecule has 0 spiro atoms. The summed E-state index contributed by atoms with van der Waals surface area (Å²) in [5.41, 5.74) is 1.62. The number of aromatic nitrogens is 3. The van der Waals surface area contributed by atoms with E-state index < -0.39 is 0 Å². The van der Waals surface area contributed by atoms with Gasteiger partial charge in [0, 0.05) is 6.04 Å². The lowest BCUT2D eigenvalue weighted by Gasteiger charge is -2.09. The topological polar surface area (TPSA) is 59.8 Å². The van der Waals surface area contributed by atoms with Gasteiger partial charge in [-0.25, -0.2) is 0 Å². The first-order valence-corrected chi connectivity index (χ1v) is 6.07. The van der Waals surface area contributed by atoms with Gasteiger partial charge >= 0.3 is 0 Å². The van der Waals surface area contributed by atoms with Crippen LogP contribution in [0.5, 0.6) is 0 Å². The third kappa shape index (κ3) is 2.25. The maximum Gasteiger partial charge on any atom is 0.244 e. The third-order valence-corrected chi connectivity index (χ3v) is 2.97. The zero-order chi connectivity index (χ0) is 12.4. The molecular weight excluding hydrogens is 228 g/mol. The van der Waals surface area contributed by atoms with Crippen molar-refractivity contribution in [2.45, 2.75) is 25.4 Å². The average molecular weight is 242 g/mol. The van der Waals surface area contributed by atoms with Gasteiger partial charge in [0.1, 0.15) is 17.6 Å². The van der Waals surface area contributed by atoms with E-state index in [0.717, 1.165) is 23.9 Å². The highest BCUT2D eigenvalue weighted by Crippen LogP contribution is 2.09. The van der Waals surface area contributed by atoms with Crippen LogP contribution in [0, 0.1) is 0 Å². The van der Waals surface area contributed by atoms with Crippen molar-refractivity contribution in [1.82, 2.24) is 20.3 Å². The van der Waals surface area contributed by atoms with Crippen molar-refractivity contribution in [3.63, 3.8) is 0 Å². The summed E-state index contributed by atoms with van der Waals surface area (Å²) >= 11 is 0. The van der Waals surface area contributed by atoms with Gasteiger partial charge in [-0.2, -0.15) is 15.0 Å². The second kappa shape index (κ2) is 4.60. The molecule has 18 heavy (non-hydrogen) atoms. The van der Waals surface area contributed by atoms with Crippen molar-refractivity contribution >= 4 is 16.9 Å². The molecule has 0 fully saturated rings. The molecule has 1 amide bonds. The molecule has 0 radical (unpaired) electrons. The summed E-state index contributed by atoms with van der Waals surface area (Å²) in [6.45, 7) is 0.166. The van der Waals surface area contributed by atoms with Gasteiger partial charge in [0.15, 0.2) is 0 Å². The molecule has 5 nitrogen and oxygen atoms in total. The summed E-state index contributed by atoms with van der Waals surface area (Å²) in [4.78, 5) is 13.2. The van der Waals surface area contributed by atoms with Gasteiger partial charge in [-0.15, -0.1) is 0 Å². The number of amides is 1. The molecule has 1 N–H and O–H groups in total. The number of hydrogen-bond donors (Lipinski definition) is 1. The van der Waals surface area contributed by atoms with Crippen LogP contribution in [0.15, 0.2) is 36.4 Å². The van der Waals surface area contributed by atoms with Crippen LogP contribution >= 0.6 is 0 Å². The Balaban J connectivity index is 1.68. The number of rotatable bonds is 3. The maximum absolute atomic E-state index is 11.8. The van der Waals surface area contributed by atoms with Gasteiger partial charge < -0.3 is 5.32 Å². The van der Waals surface area contributed by atoms with E-state index in [1.54, 1.807) is 0 Å². The van der Waals surface area contributed by atoms with Crippen molar-refractivity contribution in [3.05, 3.63) is 36.4 Å². The number of carbonyl (C=O) groups excluding carboxylic acids is 1. The Morgan fingerprint density at radius 2 is 2.06 bits per heavy atom. The van der Waals surface area contributed by atoms with Gasteiger partial charge in [0.2, 0.25) is 5.91 Å². The molecule has 1 heterocycles. The van der Waals surface area contributed by atoms with Gasteiger partial charge in [-0.05, 0) is 25.0 Å². The molecule has 2 aromatic rings. The van der Waals surface area contributed by atoms with E-state index in [1.807, 2.05) is 30.3 Å².